The minimum Gasteiger partial charge on any atom is -0.481 e. The number of hydrogen-bond donors (Lipinski definition) is 1. The van der Waals surface area contributed by atoms with Gasteiger partial charge in [-0.15, -0.1) is 0 Å². The summed E-state index contributed by atoms with van der Waals surface area (Å²) in [5, 5.41) is 13.3. The monoisotopic (exact) mass is 643 g/mol. The van der Waals surface area contributed by atoms with Crippen LogP contribution < -0.4 is 0 Å². The number of carbonyl (C=O) groups excluding carboxylic acids is 2. The van der Waals surface area contributed by atoms with Crippen molar-refractivity contribution >= 4 is 40.9 Å². The summed E-state index contributed by atoms with van der Waals surface area (Å²) in [4.78, 5) is 40.7. The zero-order valence-corrected chi connectivity index (χ0v) is 25.1. The molecule has 5 aliphatic rings. The number of alkyl halides is 3. The van der Waals surface area contributed by atoms with Crippen molar-refractivity contribution in [1.29, 1.82) is 0 Å². The lowest BCUT2D eigenvalue weighted by Crippen LogP contribution is -2.52. The Kier molecular flexibility index (Phi) is 7.01. The number of fused-ring (bicyclic) bond motifs is 4. The fraction of sp³-hybridized carbons (Fsp3) is 0.600. The Hall–Kier alpha value is -2.66. The van der Waals surface area contributed by atoms with Gasteiger partial charge in [0.15, 0.2) is 11.5 Å². The maximum absolute atomic E-state index is 14.8. The molecule has 0 aliphatic heterocycles. The van der Waals surface area contributed by atoms with Crippen molar-refractivity contribution in [3.63, 3.8) is 0 Å². The molecule has 5 aliphatic carbocycles. The second kappa shape index (κ2) is 9.92. The van der Waals surface area contributed by atoms with Crippen molar-refractivity contribution in [2.75, 3.05) is 6.54 Å². The molecule has 0 saturated heterocycles. The molecule has 0 radical (unpaired) electrons. The van der Waals surface area contributed by atoms with E-state index in [4.69, 9.17) is 23.2 Å². The maximum atomic E-state index is 14.8. The van der Waals surface area contributed by atoms with Gasteiger partial charge in [0.25, 0.3) is 5.91 Å². The molecular formula is C30H31Cl2F4N3O4. The summed E-state index contributed by atoms with van der Waals surface area (Å²) >= 11 is 12.3. The van der Waals surface area contributed by atoms with E-state index in [2.05, 4.69) is 18.9 Å². The largest absolute Gasteiger partial charge is 0.481 e. The molecular weight excluding hydrogens is 613 g/mol. The van der Waals surface area contributed by atoms with Gasteiger partial charge in [-0.2, -0.15) is 18.3 Å². The molecule has 7 nitrogen and oxygen atoms in total. The Bertz CT molecular complexity index is 1480. The molecule has 43 heavy (non-hydrogen) atoms. The number of benzene rings is 1. The standard InChI is InChI=1S/C30H31Cl2F4N3O4/c1-27(2)18-11-16(12-19(18)27)38(14-22(40)23-20(31)9-15(33)10-21(23)32)25(41)17-13-37-39(24(17)30(34,35)36)29-6-3-28(4-7-29,5-8-29)26(42)43/h9-10,13,16,18-19H,3-8,11-12,14H2,1-2H3,(H,42,43)/t16-,18+,19-,28?,29?. The third kappa shape index (κ3) is 4.76. The predicted octanol–water partition coefficient (Wildman–Crippen LogP) is 7.24. The van der Waals surface area contributed by atoms with E-state index in [1.54, 1.807) is 0 Å². The Morgan fingerprint density at radius 3 is 2.05 bits per heavy atom. The van der Waals surface area contributed by atoms with Crippen LogP contribution in [0, 0.1) is 28.5 Å². The molecule has 0 spiro atoms. The molecule has 1 aromatic carbocycles. The second-order valence-electron chi connectivity index (χ2n) is 13.4. The molecule has 3 atom stereocenters. The number of carboxylic acid groups (broad SMARTS) is 1. The fourth-order valence-electron chi connectivity index (χ4n) is 8.24. The highest BCUT2D eigenvalue weighted by atomic mass is 35.5. The number of hydrogen-bond acceptors (Lipinski definition) is 4. The lowest BCUT2D eigenvalue weighted by Gasteiger charge is -2.51. The average Bonchev–Trinajstić information content (AvgIpc) is 3.36. The van der Waals surface area contributed by atoms with E-state index in [9.17, 15) is 37.1 Å². The van der Waals surface area contributed by atoms with Crippen LogP contribution in [0.5, 0.6) is 0 Å². The van der Waals surface area contributed by atoms with E-state index >= 15 is 0 Å². The number of rotatable bonds is 7. The van der Waals surface area contributed by atoms with Crippen LogP contribution in [-0.4, -0.2) is 50.0 Å². The van der Waals surface area contributed by atoms with Gasteiger partial charge in [-0.1, -0.05) is 37.0 Å². The number of aliphatic carboxylic acids is 1. The Labute approximate surface area is 255 Å². The van der Waals surface area contributed by atoms with E-state index in [1.165, 1.54) is 4.90 Å². The zero-order chi connectivity index (χ0) is 31.3. The van der Waals surface area contributed by atoms with Crippen molar-refractivity contribution < 1.29 is 37.1 Å². The van der Waals surface area contributed by atoms with Crippen LogP contribution in [0.15, 0.2) is 18.3 Å². The molecule has 5 fully saturated rings. The highest BCUT2D eigenvalue weighted by molar-refractivity contribution is 6.40. The summed E-state index contributed by atoms with van der Waals surface area (Å²) in [6.45, 7) is 3.61. The van der Waals surface area contributed by atoms with Gasteiger partial charge in [-0.25, -0.2) is 4.39 Å². The normalized spacial score (nSPS) is 30.7. The zero-order valence-electron chi connectivity index (χ0n) is 23.6. The molecule has 1 N–H and O–H groups in total. The van der Waals surface area contributed by atoms with Crippen LogP contribution in [0.25, 0.3) is 0 Å². The summed E-state index contributed by atoms with van der Waals surface area (Å²) in [5.41, 5.74) is -4.01. The van der Waals surface area contributed by atoms with Gasteiger partial charge < -0.3 is 10.0 Å². The molecule has 1 aromatic heterocycles. The molecule has 232 valence electrons. The van der Waals surface area contributed by atoms with Gasteiger partial charge >= 0.3 is 12.1 Å². The van der Waals surface area contributed by atoms with Gasteiger partial charge in [-0.05, 0) is 80.8 Å². The van der Waals surface area contributed by atoms with Gasteiger partial charge in [0.2, 0.25) is 0 Å². The fourth-order valence-corrected chi connectivity index (χ4v) is 8.91. The first-order chi connectivity index (χ1) is 20.0. The molecule has 0 unspecified atom stereocenters. The number of halogens is 6. The van der Waals surface area contributed by atoms with Crippen LogP contribution in [0.4, 0.5) is 17.6 Å². The Morgan fingerprint density at radius 2 is 1.56 bits per heavy atom. The number of aromatic nitrogens is 2. The summed E-state index contributed by atoms with van der Waals surface area (Å²) in [6.07, 6.45) is -1.71. The summed E-state index contributed by atoms with van der Waals surface area (Å²) in [5.74, 6) is -2.86. The maximum Gasteiger partial charge on any atom is 0.433 e. The lowest BCUT2D eigenvalue weighted by atomic mass is 9.57. The van der Waals surface area contributed by atoms with E-state index in [0.29, 0.717) is 12.8 Å². The van der Waals surface area contributed by atoms with E-state index in [0.717, 1.165) is 23.0 Å². The summed E-state index contributed by atoms with van der Waals surface area (Å²) in [6, 6.07) is 1.33. The molecule has 2 bridgehead atoms. The number of carbonyl (C=O) groups is 3. The van der Waals surface area contributed by atoms with Crippen LogP contribution in [0.2, 0.25) is 10.0 Å². The van der Waals surface area contributed by atoms with Crippen LogP contribution >= 0.6 is 23.2 Å². The number of Topliss-reactive ketones (excluding diaryl/α,β-unsaturated/α-hetero) is 1. The lowest BCUT2D eigenvalue weighted by molar-refractivity contribution is -0.163. The third-order valence-electron chi connectivity index (χ3n) is 11.0. The average molecular weight is 644 g/mol. The highest BCUT2D eigenvalue weighted by Crippen LogP contribution is 2.67. The van der Waals surface area contributed by atoms with Gasteiger partial charge in [0.1, 0.15) is 5.82 Å². The Balaban J connectivity index is 1.36. The van der Waals surface area contributed by atoms with Crippen LogP contribution in [0.1, 0.15) is 91.6 Å². The molecule has 1 amide bonds. The topological polar surface area (TPSA) is 92.5 Å². The quantitative estimate of drug-likeness (QED) is 0.254. The van der Waals surface area contributed by atoms with Gasteiger partial charge in [0.05, 0.1) is 44.9 Å². The first-order valence-electron chi connectivity index (χ1n) is 14.4. The van der Waals surface area contributed by atoms with Gasteiger partial charge in [-0.3, -0.25) is 19.1 Å². The molecule has 7 rings (SSSR count). The van der Waals surface area contributed by atoms with Crippen molar-refractivity contribution in [2.45, 2.75) is 83.0 Å². The number of nitrogens with zero attached hydrogens (tertiary/aromatic N) is 3. The Morgan fingerprint density at radius 1 is 1.02 bits per heavy atom. The van der Waals surface area contributed by atoms with Crippen molar-refractivity contribution in [1.82, 2.24) is 14.7 Å². The van der Waals surface area contributed by atoms with E-state index in [-0.39, 0.29) is 71.4 Å². The predicted molar refractivity (Wildman–Crippen MR) is 149 cm³/mol. The number of amides is 1. The van der Waals surface area contributed by atoms with Crippen molar-refractivity contribution in [3.8, 4) is 0 Å². The smallest absolute Gasteiger partial charge is 0.433 e. The third-order valence-corrected chi connectivity index (χ3v) is 11.6. The second-order valence-corrected chi connectivity index (χ2v) is 14.2. The molecule has 13 heteroatoms. The molecule has 5 saturated carbocycles. The van der Waals surface area contributed by atoms with Crippen LogP contribution in [0.3, 0.4) is 0 Å². The molecule has 2 aromatic rings. The minimum atomic E-state index is -4.95. The number of carboxylic acids is 1. The summed E-state index contributed by atoms with van der Waals surface area (Å²) in [7, 11) is 0. The minimum absolute atomic E-state index is 0.0487. The SMILES string of the molecule is CC1(C)[C@@H]2C[C@H](N(CC(=O)c3c(Cl)cc(F)cc3Cl)C(=O)c3cnn(C45CCC(C(=O)O)(CC4)CC5)c3C(F)(F)F)C[C@@H]21. The first-order valence-corrected chi connectivity index (χ1v) is 15.1. The first kappa shape index (κ1) is 30.4. The van der Waals surface area contributed by atoms with Crippen LogP contribution in [-0.2, 0) is 16.5 Å². The van der Waals surface area contributed by atoms with Crippen molar-refractivity contribution in [3.05, 3.63) is 51.0 Å². The summed E-state index contributed by atoms with van der Waals surface area (Å²) < 4.78 is 59.1. The number of ketones is 1. The van der Waals surface area contributed by atoms with E-state index in [1.807, 2.05) is 0 Å². The van der Waals surface area contributed by atoms with Crippen molar-refractivity contribution in [2.24, 2.45) is 22.7 Å². The van der Waals surface area contributed by atoms with E-state index < -0.39 is 64.5 Å². The molecule has 1 heterocycles. The van der Waals surface area contributed by atoms with Gasteiger partial charge in [0, 0.05) is 6.04 Å². The highest BCUT2D eigenvalue weighted by Gasteiger charge is 2.63.